The first-order valence-corrected chi connectivity index (χ1v) is 11.8. The maximum Gasteiger partial charge on any atom is 0.115 e. The number of phenols is 1. The summed E-state index contributed by atoms with van der Waals surface area (Å²) in [6.45, 7) is 3.00. The monoisotopic (exact) mass is 412 g/mol. The predicted octanol–water partition coefficient (Wildman–Crippen LogP) is 2.26. The van der Waals surface area contributed by atoms with Crippen molar-refractivity contribution in [2.75, 3.05) is 19.6 Å². The average Bonchev–Trinajstić information content (AvgIpc) is 3.51. The maximum atomic E-state index is 12.4. The lowest BCUT2D eigenvalue weighted by Gasteiger charge is -2.65. The van der Waals surface area contributed by atoms with Crippen molar-refractivity contribution in [3.05, 3.63) is 29.3 Å². The van der Waals surface area contributed by atoms with Crippen LogP contribution in [0.1, 0.15) is 62.5 Å². The van der Waals surface area contributed by atoms with Gasteiger partial charge in [0.15, 0.2) is 0 Å². The van der Waals surface area contributed by atoms with Gasteiger partial charge < -0.3 is 21.3 Å². The van der Waals surface area contributed by atoms with E-state index in [9.17, 15) is 10.2 Å². The van der Waals surface area contributed by atoms with E-state index in [2.05, 4.69) is 16.3 Å². The van der Waals surface area contributed by atoms with E-state index < -0.39 is 5.60 Å². The Bertz CT molecular complexity index is 825. The number of piperidine rings is 1. The van der Waals surface area contributed by atoms with Crippen molar-refractivity contribution in [2.45, 2.75) is 80.9 Å². The van der Waals surface area contributed by atoms with E-state index in [4.69, 9.17) is 11.1 Å². The molecule has 3 fully saturated rings. The van der Waals surface area contributed by atoms with E-state index in [-0.39, 0.29) is 23.3 Å². The molecule has 1 saturated heterocycles. The molecular weight excluding hydrogens is 376 g/mol. The Balaban J connectivity index is 1.43. The van der Waals surface area contributed by atoms with Crippen molar-refractivity contribution < 1.29 is 10.2 Å². The summed E-state index contributed by atoms with van der Waals surface area (Å²) in [5, 5.41) is 33.7. The van der Waals surface area contributed by atoms with Crippen LogP contribution in [0.3, 0.4) is 0 Å². The van der Waals surface area contributed by atoms with Crippen molar-refractivity contribution >= 4 is 5.84 Å². The van der Waals surface area contributed by atoms with Gasteiger partial charge in [-0.25, -0.2) is 0 Å². The SMILES string of the molecule is N=C(N)CCCN[C@H]1CC[C@]23CCN(CC4CC4)[C@H](Cc4ccc(O)cc42)[C@]3(O)C1. The topological polar surface area (TPSA) is 106 Å². The average molecular weight is 413 g/mol. The molecule has 0 radical (unpaired) electrons. The van der Waals surface area contributed by atoms with Crippen molar-refractivity contribution in [3.8, 4) is 5.75 Å². The van der Waals surface area contributed by atoms with Crippen LogP contribution in [0, 0.1) is 11.3 Å². The van der Waals surface area contributed by atoms with E-state index in [1.54, 1.807) is 0 Å². The summed E-state index contributed by atoms with van der Waals surface area (Å²) in [5.74, 6) is 1.37. The molecule has 0 spiro atoms. The maximum absolute atomic E-state index is 12.4. The number of likely N-dealkylation sites (tertiary alicyclic amines) is 1. The molecule has 1 aromatic rings. The molecule has 6 heteroatoms. The zero-order chi connectivity index (χ0) is 20.9. The second kappa shape index (κ2) is 7.50. The minimum absolute atomic E-state index is 0.158. The molecule has 164 valence electrons. The van der Waals surface area contributed by atoms with Gasteiger partial charge in [0.2, 0.25) is 0 Å². The number of amidine groups is 1. The number of nitrogens with one attached hydrogen (secondary N) is 2. The van der Waals surface area contributed by atoms with E-state index in [1.165, 1.54) is 24.0 Å². The van der Waals surface area contributed by atoms with Crippen LogP contribution in [0.4, 0.5) is 0 Å². The first-order valence-electron chi connectivity index (χ1n) is 11.8. The van der Waals surface area contributed by atoms with Gasteiger partial charge in [-0.3, -0.25) is 10.3 Å². The Kier molecular flexibility index (Phi) is 5.07. The lowest BCUT2D eigenvalue weighted by molar-refractivity contribution is -0.171. The number of aliphatic hydroxyl groups is 1. The van der Waals surface area contributed by atoms with Crippen LogP contribution in [0.2, 0.25) is 0 Å². The van der Waals surface area contributed by atoms with Gasteiger partial charge in [0, 0.05) is 30.5 Å². The third-order valence-corrected chi connectivity index (χ3v) is 8.39. The third kappa shape index (κ3) is 3.33. The van der Waals surface area contributed by atoms with Gasteiger partial charge in [-0.05, 0) is 93.6 Å². The molecule has 3 aliphatic carbocycles. The summed E-state index contributed by atoms with van der Waals surface area (Å²) in [5.41, 5.74) is 6.99. The fourth-order valence-corrected chi connectivity index (χ4v) is 6.71. The summed E-state index contributed by atoms with van der Waals surface area (Å²) in [4.78, 5) is 2.59. The fraction of sp³-hybridized carbons (Fsp3) is 0.708. The van der Waals surface area contributed by atoms with Crippen LogP contribution in [-0.2, 0) is 11.8 Å². The van der Waals surface area contributed by atoms with E-state index in [0.717, 1.165) is 64.1 Å². The number of hydrogen-bond donors (Lipinski definition) is 5. The number of phenolic OH excluding ortho intramolecular Hbond substituents is 1. The lowest BCUT2D eigenvalue weighted by atomic mass is 9.49. The highest BCUT2D eigenvalue weighted by molar-refractivity contribution is 5.76. The highest BCUT2D eigenvalue weighted by Gasteiger charge is 2.64. The molecule has 1 heterocycles. The molecular formula is C24H36N4O2. The summed E-state index contributed by atoms with van der Waals surface area (Å²) in [6, 6.07) is 6.28. The first kappa shape index (κ1) is 20.3. The zero-order valence-corrected chi connectivity index (χ0v) is 17.9. The van der Waals surface area contributed by atoms with Crippen LogP contribution in [-0.4, -0.2) is 58.3 Å². The smallest absolute Gasteiger partial charge is 0.115 e. The van der Waals surface area contributed by atoms with Gasteiger partial charge in [-0.1, -0.05) is 6.07 Å². The number of aromatic hydroxyl groups is 1. The Morgan fingerprint density at radius 3 is 2.87 bits per heavy atom. The molecule has 0 amide bonds. The molecule has 6 N–H and O–H groups in total. The van der Waals surface area contributed by atoms with Gasteiger partial charge in [0.25, 0.3) is 0 Å². The number of benzene rings is 1. The van der Waals surface area contributed by atoms with Gasteiger partial charge in [-0.15, -0.1) is 0 Å². The summed E-state index contributed by atoms with van der Waals surface area (Å²) in [7, 11) is 0. The quantitative estimate of drug-likeness (QED) is 0.268. The van der Waals surface area contributed by atoms with Crippen molar-refractivity contribution in [3.63, 3.8) is 0 Å². The molecule has 5 rings (SSSR count). The Labute approximate surface area is 179 Å². The predicted molar refractivity (Wildman–Crippen MR) is 118 cm³/mol. The van der Waals surface area contributed by atoms with Crippen LogP contribution in [0.15, 0.2) is 18.2 Å². The molecule has 0 unspecified atom stereocenters. The Morgan fingerprint density at radius 2 is 2.10 bits per heavy atom. The van der Waals surface area contributed by atoms with E-state index in [0.29, 0.717) is 12.2 Å². The summed E-state index contributed by atoms with van der Waals surface area (Å²) in [6.07, 6.45) is 8.74. The van der Waals surface area contributed by atoms with Gasteiger partial charge in [-0.2, -0.15) is 0 Å². The van der Waals surface area contributed by atoms with Gasteiger partial charge >= 0.3 is 0 Å². The molecule has 0 aromatic heterocycles. The standard InChI is InChI=1S/C24H36N4O2/c25-22(26)2-1-10-27-18-7-8-23-9-11-28(15-16-3-4-16)21(24(23,30)14-18)12-17-5-6-19(29)13-20(17)23/h5-6,13,16,18,21,27,29-30H,1-4,7-12,14-15H2,(H3,25,26)/t18-,21+,23-,24+/m0/s1. The second-order valence-corrected chi connectivity index (χ2v) is 10.3. The largest absolute Gasteiger partial charge is 0.508 e. The molecule has 6 nitrogen and oxygen atoms in total. The fourth-order valence-electron chi connectivity index (χ4n) is 6.71. The molecule has 1 aromatic carbocycles. The van der Waals surface area contributed by atoms with Gasteiger partial charge in [0.1, 0.15) is 5.75 Å². The zero-order valence-electron chi connectivity index (χ0n) is 17.9. The summed E-state index contributed by atoms with van der Waals surface area (Å²) >= 11 is 0. The minimum atomic E-state index is -0.766. The number of nitrogens with zero attached hydrogens (tertiary/aromatic N) is 1. The molecule has 2 bridgehead atoms. The molecule has 4 aliphatic rings. The van der Waals surface area contributed by atoms with Crippen LogP contribution < -0.4 is 11.1 Å². The van der Waals surface area contributed by atoms with E-state index in [1.807, 2.05) is 12.1 Å². The molecule has 4 atom stereocenters. The van der Waals surface area contributed by atoms with E-state index >= 15 is 0 Å². The second-order valence-electron chi connectivity index (χ2n) is 10.3. The first-order chi connectivity index (χ1) is 14.4. The highest BCUT2D eigenvalue weighted by atomic mass is 16.3. The van der Waals surface area contributed by atoms with Crippen LogP contribution >= 0.6 is 0 Å². The minimum Gasteiger partial charge on any atom is -0.508 e. The van der Waals surface area contributed by atoms with Gasteiger partial charge in [0.05, 0.1) is 11.4 Å². The molecule has 1 aliphatic heterocycles. The molecule has 2 saturated carbocycles. The van der Waals surface area contributed by atoms with Crippen LogP contribution in [0.5, 0.6) is 5.75 Å². The Morgan fingerprint density at radius 1 is 1.27 bits per heavy atom. The Hall–Kier alpha value is -1.63. The summed E-state index contributed by atoms with van der Waals surface area (Å²) < 4.78 is 0. The third-order valence-electron chi connectivity index (χ3n) is 8.39. The van der Waals surface area contributed by atoms with Crippen molar-refractivity contribution in [2.24, 2.45) is 11.7 Å². The normalized spacial score (nSPS) is 35.5. The number of hydrogen-bond acceptors (Lipinski definition) is 5. The number of rotatable bonds is 7. The highest BCUT2D eigenvalue weighted by Crippen LogP contribution is 2.58. The van der Waals surface area contributed by atoms with Crippen molar-refractivity contribution in [1.82, 2.24) is 10.2 Å². The molecule has 30 heavy (non-hydrogen) atoms. The lowest BCUT2D eigenvalue weighted by Crippen LogP contribution is -2.74. The van der Waals surface area contributed by atoms with Crippen LogP contribution in [0.25, 0.3) is 0 Å². The number of nitrogens with two attached hydrogens (primary N) is 1. The van der Waals surface area contributed by atoms with Crippen molar-refractivity contribution in [1.29, 1.82) is 5.41 Å². The number of fused-ring (bicyclic) bond motifs is 1.